The highest BCUT2D eigenvalue weighted by Crippen LogP contribution is 2.56. The first-order valence-corrected chi connectivity index (χ1v) is 18.2. The third-order valence-corrected chi connectivity index (χ3v) is 11.2. The molecule has 1 aromatic heterocycles. The molecule has 1 saturated heterocycles. The number of ether oxygens (including phenoxy) is 1. The van der Waals surface area contributed by atoms with Crippen LogP contribution < -0.4 is 5.69 Å². The summed E-state index contributed by atoms with van der Waals surface area (Å²) in [5, 5.41) is 0. The molecule has 6 rings (SSSR count). The Morgan fingerprint density at radius 2 is 1.38 bits per heavy atom. The highest BCUT2D eigenvalue weighted by molar-refractivity contribution is 7.83. The zero-order chi connectivity index (χ0) is 33.7. The van der Waals surface area contributed by atoms with Gasteiger partial charge in [-0.3, -0.25) is 18.6 Å². The maximum atomic E-state index is 13.7. The summed E-state index contributed by atoms with van der Waals surface area (Å²) in [6.07, 6.45) is 0.190. The fourth-order valence-electron chi connectivity index (χ4n) is 6.28. The topological polar surface area (TPSA) is 76.9 Å². The molecule has 246 valence electrons. The summed E-state index contributed by atoms with van der Waals surface area (Å²) in [7, 11) is 3.18. The molecule has 1 aliphatic heterocycles. The summed E-state index contributed by atoms with van der Waals surface area (Å²) in [4.78, 5) is 20.4. The van der Waals surface area contributed by atoms with Crippen molar-refractivity contribution in [3.63, 3.8) is 0 Å². The van der Waals surface area contributed by atoms with Gasteiger partial charge in [-0.2, -0.15) is 4.98 Å². The lowest BCUT2D eigenvalue weighted by molar-refractivity contribution is -0.207. The van der Waals surface area contributed by atoms with E-state index >= 15 is 0 Å². The highest BCUT2D eigenvalue weighted by Gasteiger charge is 2.48. The number of hydrogen-bond donors (Lipinski definition) is 0. The van der Waals surface area contributed by atoms with Crippen LogP contribution in [0.4, 0.5) is 0 Å². The molecule has 0 saturated carbocycles. The molecular formula is C38H38ClN4O4P. The van der Waals surface area contributed by atoms with Crippen LogP contribution in [0.5, 0.6) is 0 Å². The molecule has 0 amide bonds. The SMILES string of the molecule is C=C(Cc1ccn(C2CN(C(c3ccccc3)(c3ccccc3)c3ccccc3)CC(OP(=O)(Cl)N(C)C)O2)c(=O)n1)c1ccccc1. The van der Waals surface area contributed by atoms with E-state index in [2.05, 4.69) is 52.9 Å². The summed E-state index contributed by atoms with van der Waals surface area (Å²) in [5.74, 6) is 0. The van der Waals surface area contributed by atoms with Crippen LogP contribution in [-0.2, 0) is 25.8 Å². The molecule has 0 N–H and O–H groups in total. The highest BCUT2D eigenvalue weighted by atomic mass is 35.7. The summed E-state index contributed by atoms with van der Waals surface area (Å²) in [6.45, 7) is 0.894. The van der Waals surface area contributed by atoms with Crippen LogP contribution in [-0.4, -0.2) is 52.6 Å². The second-order valence-corrected chi connectivity index (χ2v) is 15.1. The third-order valence-electron chi connectivity index (χ3n) is 8.60. The number of rotatable bonds is 11. The molecule has 0 aliphatic carbocycles. The van der Waals surface area contributed by atoms with E-state index in [0.717, 1.165) is 27.8 Å². The summed E-state index contributed by atoms with van der Waals surface area (Å²) in [5.41, 5.74) is 4.11. The summed E-state index contributed by atoms with van der Waals surface area (Å²) < 4.78 is 28.6. The van der Waals surface area contributed by atoms with Gasteiger partial charge in [-0.15, -0.1) is 0 Å². The zero-order valence-electron chi connectivity index (χ0n) is 26.9. The summed E-state index contributed by atoms with van der Waals surface area (Å²) in [6, 6.07) is 42.2. The second kappa shape index (κ2) is 14.5. The minimum Gasteiger partial charge on any atom is -0.326 e. The predicted molar refractivity (Wildman–Crippen MR) is 191 cm³/mol. The monoisotopic (exact) mass is 680 g/mol. The van der Waals surface area contributed by atoms with Crippen molar-refractivity contribution >= 4 is 23.7 Å². The van der Waals surface area contributed by atoms with Crippen molar-refractivity contribution in [3.05, 3.63) is 179 Å². The molecule has 0 radical (unpaired) electrons. The Hall–Kier alpha value is -4.14. The van der Waals surface area contributed by atoms with Gasteiger partial charge >= 0.3 is 12.6 Å². The van der Waals surface area contributed by atoms with Gasteiger partial charge in [0.2, 0.25) is 0 Å². The molecular weight excluding hydrogens is 643 g/mol. The van der Waals surface area contributed by atoms with Gasteiger partial charge in [0.25, 0.3) is 0 Å². The van der Waals surface area contributed by atoms with Gasteiger partial charge in [0.1, 0.15) is 0 Å². The minimum atomic E-state index is -3.77. The quantitative estimate of drug-likeness (QED) is 0.105. The van der Waals surface area contributed by atoms with Crippen molar-refractivity contribution in [2.75, 3.05) is 27.2 Å². The smallest absolute Gasteiger partial charge is 0.326 e. The molecule has 48 heavy (non-hydrogen) atoms. The van der Waals surface area contributed by atoms with E-state index in [0.29, 0.717) is 12.1 Å². The molecule has 3 atom stereocenters. The molecule has 0 bridgehead atoms. The lowest BCUT2D eigenvalue weighted by Gasteiger charge is -2.50. The first-order valence-electron chi connectivity index (χ1n) is 15.7. The van der Waals surface area contributed by atoms with E-state index in [1.807, 2.05) is 84.9 Å². The van der Waals surface area contributed by atoms with Gasteiger partial charge in [0, 0.05) is 19.2 Å². The first-order chi connectivity index (χ1) is 23.2. The van der Waals surface area contributed by atoms with Gasteiger partial charge in [-0.1, -0.05) is 128 Å². The van der Waals surface area contributed by atoms with E-state index in [4.69, 9.17) is 20.5 Å². The van der Waals surface area contributed by atoms with E-state index in [1.54, 1.807) is 26.4 Å². The van der Waals surface area contributed by atoms with Gasteiger partial charge in [0.05, 0.1) is 17.8 Å². The average Bonchev–Trinajstić information content (AvgIpc) is 3.10. The Morgan fingerprint density at radius 3 is 1.85 bits per heavy atom. The Bertz CT molecular complexity index is 1850. The number of aromatic nitrogens is 2. The fraction of sp³-hybridized carbons (Fsp3) is 0.211. The zero-order valence-corrected chi connectivity index (χ0v) is 28.6. The van der Waals surface area contributed by atoms with Crippen LogP contribution in [0.2, 0.25) is 0 Å². The van der Waals surface area contributed by atoms with Crippen molar-refractivity contribution in [1.29, 1.82) is 0 Å². The van der Waals surface area contributed by atoms with Crippen LogP contribution in [0.25, 0.3) is 5.57 Å². The lowest BCUT2D eigenvalue weighted by atomic mass is 9.75. The lowest BCUT2D eigenvalue weighted by Crippen LogP contribution is -2.57. The van der Waals surface area contributed by atoms with Crippen molar-refractivity contribution in [2.24, 2.45) is 0 Å². The molecule has 0 spiro atoms. The molecule has 2 heterocycles. The number of benzene rings is 4. The second-order valence-electron chi connectivity index (χ2n) is 11.9. The number of allylic oxidation sites excluding steroid dienone is 1. The molecule has 4 aromatic carbocycles. The van der Waals surface area contributed by atoms with Crippen LogP contribution in [0, 0.1) is 0 Å². The minimum absolute atomic E-state index is 0.191. The Morgan fingerprint density at radius 1 is 0.875 bits per heavy atom. The standard InChI is InChI=1S/C38H38ClN4O4P/c1-29(30-16-8-4-9-17-30)26-34-24-25-43(37(44)40-34)35-27-42(28-36(46-35)47-48(39,45)41(2)3)38(31-18-10-5-11-19-31,32-20-12-6-13-21-32)33-22-14-7-15-23-33/h4-25,35-36H,1,26-28H2,2-3H3. The van der Waals surface area contributed by atoms with Crippen molar-refractivity contribution in [2.45, 2.75) is 24.5 Å². The van der Waals surface area contributed by atoms with E-state index in [-0.39, 0.29) is 13.1 Å². The van der Waals surface area contributed by atoms with E-state index in [1.165, 1.54) is 9.24 Å². The van der Waals surface area contributed by atoms with Crippen molar-refractivity contribution in [3.8, 4) is 0 Å². The average molecular weight is 681 g/mol. The summed E-state index contributed by atoms with van der Waals surface area (Å²) >= 11 is 6.43. The molecule has 3 unspecified atom stereocenters. The first kappa shape index (κ1) is 33.7. The number of nitrogens with zero attached hydrogens (tertiary/aromatic N) is 4. The van der Waals surface area contributed by atoms with Crippen LogP contribution in [0.15, 0.2) is 145 Å². The van der Waals surface area contributed by atoms with Gasteiger partial charge in [0.15, 0.2) is 12.5 Å². The number of halogens is 1. The van der Waals surface area contributed by atoms with Crippen LogP contribution >= 0.6 is 18.1 Å². The van der Waals surface area contributed by atoms with Crippen molar-refractivity contribution < 1.29 is 13.8 Å². The Balaban J connectivity index is 1.45. The Labute approximate surface area is 286 Å². The predicted octanol–water partition coefficient (Wildman–Crippen LogP) is 7.57. The van der Waals surface area contributed by atoms with Crippen molar-refractivity contribution in [1.82, 2.24) is 19.1 Å². The third kappa shape index (κ3) is 7.01. The van der Waals surface area contributed by atoms with E-state index in [9.17, 15) is 9.36 Å². The van der Waals surface area contributed by atoms with Crippen LogP contribution in [0.3, 0.4) is 0 Å². The number of morpholine rings is 1. The molecule has 5 aromatic rings. The maximum absolute atomic E-state index is 13.7. The molecule has 1 aliphatic rings. The normalized spacial score (nSPS) is 18.3. The van der Waals surface area contributed by atoms with E-state index < -0.39 is 30.6 Å². The molecule has 8 nitrogen and oxygen atoms in total. The molecule has 10 heteroatoms. The van der Waals surface area contributed by atoms with Crippen LogP contribution in [0.1, 0.15) is 34.2 Å². The van der Waals surface area contributed by atoms with Gasteiger partial charge < -0.3 is 4.74 Å². The maximum Gasteiger partial charge on any atom is 0.364 e. The Kier molecular flexibility index (Phi) is 10.2. The van der Waals surface area contributed by atoms with Gasteiger partial charge in [-0.25, -0.2) is 9.46 Å². The fourth-order valence-corrected chi connectivity index (χ4v) is 7.14. The number of hydrogen-bond acceptors (Lipinski definition) is 6. The molecule has 1 fully saturated rings. The van der Waals surface area contributed by atoms with Gasteiger partial charge in [-0.05, 0) is 59.2 Å². The largest absolute Gasteiger partial charge is 0.364 e.